The van der Waals surface area contributed by atoms with E-state index >= 15 is 0 Å². The lowest BCUT2D eigenvalue weighted by Crippen LogP contribution is -2.04. The molecule has 0 bridgehead atoms. The summed E-state index contributed by atoms with van der Waals surface area (Å²) in [5.41, 5.74) is 0.803. The van der Waals surface area contributed by atoms with Crippen LogP contribution < -0.4 is 0 Å². The van der Waals surface area contributed by atoms with Crippen LogP contribution in [0, 0.1) is 0 Å². The Hall–Kier alpha value is -1.20. The molecule has 0 amide bonds. The lowest BCUT2D eigenvalue weighted by Gasteiger charge is -1.99. The molecule has 0 saturated heterocycles. The van der Waals surface area contributed by atoms with E-state index in [9.17, 15) is 4.79 Å². The summed E-state index contributed by atoms with van der Waals surface area (Å²) in [6.45, 7) is 0. The highest BCUT2D eigenvalue weighted by Gasteiger charge is 2.31. The van der Waals surface area contributed by atoms with Gasteiger partial charge in [-0.25, -0.2) is 0 Å². The summed E-state index contributed by atoms with van der Waals surface area (Å²) in [5, 5.41) is 4.56. The van der Waals surface area contributed by atoms with Crippen molar-refractivity contribution in [2.24, 2.45) is 0 Å². The molecule has 1 aliphatic rings. The van der Waals surface area contributed by atoms with Gasteiger partial charge in [0.1, 0.15) is 5.78 Å². The van der Waals surface area contributed by atoms with Gasteiger partial charge in [0, 0.05) is 16.5 Å². The molecule has 0 spiro atoms. The van der Waals surface area contributed by atoms with Crippen molar-refractivity contribution in [3.8, 4) is 11.4 Å². The van der Waals surface area contributed by atoms with Gasteiger partial charge in [0.15, 0.2) is 0 Å². The van der Waals surface area contributed by atoms with Crippen molar-refractivity contribution in [3.63, 3.8) is 0 Å². The van der Waals surface area contributed by atoms with Crippen molar-refractivity contribution in [2.75, 3.05) is 0 Å². The first kappa shape index (κ1) is 12.8. The maximum Gasteiger partial charge on any atom is 0.237 e. The average molecular weight is 342 g/mol. The molecule has 1 aromatic carbocycles. The molecule has 4 nitrogen and oxygen atoms in total. The topological polar surface area (TPSA) is 56.0 Å². The first-order chi connectivity index (χ1) is 9.15. The largest absolute Gasteiger partial charge is 0.338 e. The van der Waals surface area contributed by atoms with Crippen molar-refractivity contribution >= 4 is 33.3 Å². The molecule has 1 heterocycles. The number of hydrogen-bond acceptors (Lipinski definition) is 4. The lowest BCUT2D eigenvalue weighted by molar-refractivity contribution is -0.119. The normalized spacial score (nSPS) is 19.1. The lowest BCUT2D eigenvalue weighted by atomic mass is 10.1. The Bertz CT molecular complexity index is 641. The van der Waals surface area contributed by atoms with E-state index in [2.05, 4.69) is 26.1 Å². The van der Waals surface area contributed by atoms with Crippen LogP contribution in [-0.4, -0.2) is 15.9 Å². The highest BCUT2D eigenvalue weighted by molar-refractivity contribution is 9.10. The summed E-state index contributed by atoms with van der Waals surface area (Å²) in [6.07, 6.45) is 2.30. The van der Waals surface area contributed by atoms with Gasteiger partial charge in [0.2, 0.25) is 11.7 Å². The second-order valence-corrected chi connectivity index (χ2v) is 5.76. The number of benzene rings is 1. The fourth-order valence-corrected chi connectivity index (χ4v) is 2.70. The summed E-state index contributed by atoms with van der Waals surface area (Å²) >= 11 is 9.29. The zero-order chi connectivity index (χ0) is 13.4. The molecule has 3 rings (SSSR count). The predicted molar refractivity (Wildman–Crippen MR) is 74.0 cm³/mol. The third kappa shape index (κ3) is 2.44. The second-order valence-electron chi connectivity index (χ2n) is 4.50. The summed E-state index contributed by atoms with van der Waals surface area (Å²) in [6, 6.07) is 5.41. The standard InChI is InChI=1S/C13H10BrClN2O2/c14-9-6-7(4-5-10(9)15)12-16-13(19-17-12)8-2-1-3-11(8)18/h4-6,8H,1-3H2. The molecular formula is C13H10BrClN2O2. The van der Waals surface area contributed by atoms with Crippen molar-refractivity contribution in [3.05, 3.63) is 33.6 Å². The Morgan fingerprint density at radius 3 is 2.95 bits per heavy atom. The van der Waals surface area contributed by atoms with Gasteiger partial charge in [0.05, 0.1) is 10.9 Å². The molecule has 98 valence electrons. The molecular weight excluding hydrogens is 332 g/mol. The Labute approximate surface area is 123 Å². The Balaban J connectivity index is 1.92. The first-order valence-electron chi connectivity index (χ1n) is 5.97. The van der Waals surface area contributed by atoms with Crippen LogP contribution in [0.1, 0.15) is 31.1 Å². The Morgan fingerprint density at radius 2 is 2.26 bits per heavy atom. The molecule has 1 saturated carbocycles. The Morgan fingerprint density at radius 1 is 1.42 bits per heavy atom. The van der Waals surface area contributed by atoms with Gasteiger partial charge >= 0.3 is 0 Å². The smallest absolute Gasteiger partial charge is 0.237 e. The van der Waals surface area contributed by atoms with Crippen molar-refractivity contribution < 1.29 is 9.32 Å². The van der Waals surface area contributed by atoms with Gasteiger partial charge in [-0.05, 0) is 47.0 Å². The molecule has 19 heavy (non-hydrogen) atoms. The SMILES string of the molecule is O=C1CCCC1c1nc(-c2ccc(Cl)c(Br)c2)no1. The number of aromatic nitrogens is 2. The van der Waals surface area contributed by atoms with E-state index in [-0.39, 0.29) is 11.7 Å². The van der Waals surface area contributed by atoms with E-state index < -0.39 is 0 Å². The first-order valence-corrected chi connectivity index (χ1v) is 7.14. The number of Topliss-reactive ketones (excluding diaryl/α,β-unsaturated/α-hetero) is 1. The molecule has 1 fully saturated rings. The zero-order valence-corrected chi connectivity index (χ0v) is 12.2. The molecule has 0 aliphatic heterocycles. The van der Waals surface area contributed by atoms with Gasteiger partial charge in [-0.15, -0.1) is 0 Å². The van der Waals surface area contributed by atoms with Crippen LogP contribution in [0.25, 0.3) is 11.4 Å². The predicted octanol–water partition coefficient (Wildman–Crippen LogP) is 3.99. The van der Waals surface area contributed by atoms with Crippen LogP contribution in [0.2, 0.25) is 5.02 Å². The van der Waals surface area contributed by atoms with Crippen LogP contribution in [0.4, 0.5) is 0 Å². The molecule has 1 aromatic heterocycles. The van der Waals surface area contributed by atoms with Crippen LogP contribution in [-0.2, 0) is 4.79 Å². The number of ketones is 1. The van der Waals surface area contributed by atoms with Gasteiger partial charge in [-0.2, -0.15) is 4.98 Å². The Kier molecular flexibility index (Phi) is 3.41. The fourth-order valence-electron chi connectivity index (χ4n) is 2.21. The molecule has 1 aliphatic carbocycles. The van der Waals surface area contributed by atoms with Crippen LogP contribution in [0.3, 0.4) is 0 Å². The van der Waals surface area contributed by atoms with E-state index in [0.717, 1.165) is 22.9 Å². The number of hydrogen-bond donors (Lipinski definition) is 0. The second kappa shape index (κ2) is 5.06. The summed E-state index contributed by atoms with van der Waals surface area (Å²) in [5.74, 6) is 0.861. The maximum absolute atomic E-state index is 11.7. The van der Waals surface area contributed by atoms with E-state index in [4.69, 9.17) is 16.1 Å². The van der Waals surface area contributed by atoms with Crippen LogP contribution in [0.5, 0.6) is 0 Å². The third-order valence-corrected chi connectivity index (χ3v) is 4.44. The van der Waals surface area contributed by atoms with Crippen LogP contribution in [0.15, 0.2) is 27.2 Å². The highest BCUT2D eigenvalue weighted by atomic mass is 79.9. The molecule has 0 N–H and O–H groups in total. The van der Waals surface area contributed by atoms with Crippen molar-refractivity contribution in [1.29, 1.82) is 0 Å². The van der Waals surface area contributed by atoms with Crippen molar-refractivity contribution in [1.82, 2.24) is 10.1 Å². The number of carbonyl (C=O) groups is 1. The number of rotatable bonds is 2. The summed E-state index contributed by atoms with van der Waals surface area (Å²) < 4.78 is 5.99. The number of halogens is 2. The summed E-state index contributed by atoms with van der Waals surface area (Å²) in [7, 11) is 0. The van der Waals surface area contributed by atoms with Gasteiger partial charge < -0.3 is 4.52 Å². The molecule has 6 heteroatoms. The molecule has 1 atom stereocenters. The van der Waals surface area contributed by atoms with E-state index in [1.54, 1.807) is 6.07 Å². The molecule has 2 aromatic rings. The van der Waals surface area contributed by atoms with E-state index in [1.165, 1.54) is 0 Å². The number of nitrogens with zero attached hydrogens (tertiary/aromatic N) is 2. The quantitative estimate of drug-likeness (QED) is 0.829. The molecule has 1 unspecified atom stereocenters. The van der Waals surface area contributed by atoms with E-state index in [1.807, 2.05) is 12.1 Å². The van der Waals surface area contributed by atoms with Gasteiger partial charge in [-0.1, -0.05) is 16.8 Å². The van der Waals surface area contributed by atoms with E-state index in [0.29, 0.717) is 23.2 Å². The maximum atomic E-state index is 11.7. The van der Waals surface area contributed by atoms with Crippen molar-refractivity contribution in [2.45, 2.75) is 25.2 Å². The van der Waals surface area contributed by atoms with Crippen LogP contribution >= 0.6 is 27.5 Å². The zero-order valence-electron chi connectivity index (χ0n) is 9.90. The molecule has 0 radical (unpaired) electrons. The van der Waals surface area contributed by atoms with Gasteiger partial charge in [0.25, 0.3) is 0 Å². The fraction of sp³-hybridized carbons (Fsp3) is 0.308. The highest BCUT2D eigenvalue weighted by Crippen LogP contribution is 2.32. The minimum atomic E-state index is -0.225. The summed E-state index contributed by atoms with van der Waals surface area (Å²) in [4.78, 5) is 16.0. The third-order valence-electron chi connectivity index (χ3n) is 3.22. The monoisotopic (exact) mass is 340 g/mol. The minimum Gasteiger partial charge on any atom is -0.338 e. The minimum absolute atomic E-state index is 0.187. The number of carbonyl (C=O) groups excluding carboxylic acids is 1. The van der Waals surface area contributed by atoms with Gasteiger partial charge in [-0.3, -0.25) is 4.79 Å². The average Bonchev–Trinajstić information content (AvgIpc) is 3.01.